The van der Waals surface area contributed by atoms with Crippen molar-refractivity contribution in [3.05, 3.63) is 64.2 Å². The van der Waals surface area contributed by atoms with E-state index in [2.05, 4.69) is 13.8 Å². The Morgan fingerprint density at radius 3 is 2.50 bits per heavy atom. The van der Waals surface area contributed by atoms with Crippen molar-refractivity contribution in [2.45, 2.75) is 53.2 Å². The van der Waals surface area contributed by atoms with Gasteiger partial charge in [0.15, 0.2) is 6.10 Å². The Hall–Kier alpha value is -2.70. The lowest BCUT2D eigenvalue weighted by atomic mass is 9.90. The summed E-state index contributed by atoms with van der Waals surface area (Å²) in [6.07, 6.45) is 2.11. The van der Waals surface area contributed by atoms with Gasteiger partial charge in [-0.25, -0.2) is 4.79 Å². The Morgan fingerprint density at radius 1 is 1.25 bits per heavy atom. The number of esters is 1. The molecule has 0 saturated heterocycles. The fourth-order valence-electron chi connectivity index (χ4n) is 3.82. The summed E-state index contributed by atoms with van der Waals surface area (Å²) in [4.78, 5) is 29.2. The number of hydrogen-bond acceptors (Lipinski definition) is 6. The molecule has 2 heterocycles. The number of carbonyl (C=O) groups excluding carboxylic acids is 2. The van der Waals surface area contributed by atoms with Crippen LogP contribution in [0.2, 0.25) is 0 Å². The number of ether oxygens (including phenoxy) is 2. The summed E-state index contributed by atoms with van der Waals surface area (Å²) < 4.78 is 11.0. The zero-order valence-electron chi connectivity index (χ0n) is 18.9. The average molecular weight is 457 g/mol. The highest BCUT2D eigenvalue weighted by Gasteiger charge is 2.27. The van der Waals surface area contributed by atoms with E-state index in [-0.39, 0.29) is 13.2 Å². The quantitative estimate of drug-likeness (QED) is 0.460. The Kier molecular flexibility index (Phi) is 7.69. The highest BCUT2D eigenvalue weighted by atomic mass is 35.5. The van der Waals surface area contributed by atoms with Crippen LogP contribution in [0.5, 0.6) is 0 Å². The molecule has 1 aromatic carbocycles. The van der Waals surface area contributed by atoms with E-state index in [1.165, 1.54) is 0 Å². The Labute approximate surface area is 193 Å². The molecule has 0 saturated carbocycles. The summed E-state index contributed by atoms with van der Waals surface area (Å²) in [5.41, 5.74) is 11.7. The third kappa shape index (κ3) is 5.37. The molecule has 0 radical (unpaired) electrons. The van der Waals surface area contributed by atoms with Crippen LogP contribution in [0.3, 0.4) is 0 Å². The van der Waals surface area contributed by atoms with Crippen LogP contribution >= 0.6 is 11.6 Å². The van der Waals surface area contributed by atoms with Crippen molar-refractivity contribution in [3.63, 3.8) is 0 Å². The lowest BCUT2D eigenvalue weighted by Gasteiger charge is -2.20. The number of carbonyl (C=O) groups is 2. The second-order valence-electron chi connectivity index (χ2n) is 8.43. The van der Waals surface area contributed by atoms with Gasteiger partial charge in [0.2, 0.25) is 0 Å². The number of nitrogens with two attached hydrogens (primary N) is 1. The number of pyridine rings is 1. The molecule has 7 heteroatoms. The van der Waals surface area contributed by atoms with Crippen LogP contribution in [-0.4, -0.2) is 28.9 Å². The van der Waals surface area contributed by atoms with Crippen LogP contribution in [0, 0.1) is 19.8 Å². The number of benzene rings is 1. The Balaban J connectivity index is 1.99. The van der Waals surface area contributed by atoms with Crippen LogP contribution in [0.25, 0.3) is 11.1 Å². The fourth-order valence-corrected chi connectivity index (χ4v) is 3.96. The number of halogens is 1. The van der Waals surface area contributed by atoms with Gasteiger partial charge < -0.3 is 15.2 Å². The van der Waals surface area contributed by atoms with Gasteiger partial charge in [0.05, 0.1) is 11.3 Å². The van der Waals surface area contributed by atoms with Crippen molar-refractivity contribution in [3.8, 4) is 11.1 Å². The SMILES string of the molecule is Cc1ccc(-c2c(CN)c(CC(C)C)nc(C)c2C(=O)OCC2=CCC(C(=O)Cl)O2)cc1. The van der Waals surface area contributed by atoms with Gasteiger partial charge in [-0.15, -0.1) is 0 Å². The van der Waals surface area contributed by atoms with Gasteiger partial charge in [-0.2, -0.15) is 0 Å². The zero-order valence-corrected chi connectivity index (χ0v) is 19.7. The largest absolute Gasteiger partial charge is 0.482 e. The topological polar surface area (TPSA) is 91.5 Å². The number of aryl methyl sites for hydroxylation is 2. The van der Waals surface area contributed by atoms with Crippen molar-refractivity contribution in [2.75, 3.05) is 6.61 Å². The molecule has 170 valence electrons. The van der Waals surface area contributed by atoms with Crippen molar-refractivity contribution in [1.29, 1.82) is 0 Å². The first-order chi connectivity index (χ1) is 15.2. The standard InChI is InChI=1S/C25H29ClN2O4/c1-14(2)11-20-19(12-27)23(17-7-5-15(3)6-8-17)22(16(4)28-20)25(30)31-13-18-9-10-21(32-18)24(26)29/h5-9,14,21H,10-13,27H2,1-4H3. The van der Waals surface area contributed by atoms with E-state index in [4.69, 9.17) is 31.8 Å². The van der Waals surface area contributed by atoms with Crippen LogP contribution in [0.1, 0.15) is 53.1 Å². The van der Waals surface area contributed by atoms with Crippen LogP contribution in [0.15, 0.2) is 36.1 Å². The predicted molar refractivity (Wildman–Crippen MR) is 124 cm³/mol. The van der Waals surface area contributed by atoms with E-state index < -0.39 is 17.3 Å². The third-order valence-electron chi connectivity index (χ3n) is 5.37. The molecule has 0 amide bonds. The maximum Gasteiger partial charge on any atom is 0.341 e. The normalized spacial score (nSPS) is 15.5. The minimum Gasteiger partial charge on any atom is -0.482 e. The molecule has 0 bridgehead atoms. The number of hydrogen-bond donors (Lipinski definition) is 1. The Bertz CT molecular complexity index is 1040. The minimum absolute atomic E-state index is 0.0853. The highest BCUT2D eigenvalue weighted by Crippen LogP contribution is 2.33. The van der Waals surface area contributed by atoms with Crippen LogP contribution in [-0.2, 0) is 27.2 Å². The van der Waals surface area contributed by atoms with Gasteiger partial charge in [-0.3, -0.25) is 9.78 Å². The van der Waals surface area contributed by atoms with Gasteiger partial charge in [0.25, 0.3) is 5.24 Å². The van der Waals surface area contributed by atoms with Gasteiger partial charge >= 0.3 is 5.97 Å². The minimum atomic E-state index is -0.726. The van der Waals surface area contributed by atoms with E-state index in [9.17, 15) is 9.59 Å². The molecular formula is C25H29ClN2O4. The number of rotatable bonds is 8. The summed E-state index contributed by atoms with van der Waals surface area (Å²) in [7, 11) is 0. The third-order valence-corrected chi connectivity index (χ3v) is 5.61. The van der Waals surface area contributed by atoms with Crippen LogP contribution < -0.4 is 5.73 Å². The van der Waals surface area contributed by atoms with Crippen molar-refractivity contribution in [2.24, 2.45) is 11.7 Å². The summed E-state index contributed by atoms with van der Waals surface area (Å²) in [6, 6.07) is 7.98. The molecule has 0 aliphatic carbocycles. The molecule has 2 aromatic rings. The summed E-state index contributed by atoms with van der Waals surface area (Å²) in [6.45, 7) is 8.24. The monoisotopic (exact) mass is 456 g/mol. The van der Waals surface area contributed by atoms with Gasteiger partial charge in [0.1, 0.15) is 12.4 Å². The maximum absolute atomic E-state index is 13.2. The summed E-state index contributed by atoms with van der Waals surface area (Å²) in [5.74, 6) is 0.289. The summed E-state index contributed by atoms with van der Waals surface area (Å²) in [5, 5.41) is -0.572. The first-order valence-electron chi connectivity index (χ1n) is 10.7. The van der Waals surface area contributed by atoms with Crippen molar-refractivity contribution < 1.29 is 19.1 Å². The first-order valence-corrected chi connectivity index (χ1v) is 11.1. The zero-order chi connectivity index (χ0) is 23.4. The molecule has 1 aliphatic rings. The van der Waals surface area contributed by atoms with E-state index in [0.717, 1.165) is 34.4 Å². The molecule has 1 atom stereocenters. The predicted octanol–water partition coefficient (Wildman–Crippen LogP) is 4.62. The molecule has 1 unspecified atom stereocenters. The first kappa shape index (κ1) is 24.0. The molecule has 0 fully saturated rings. The molecule has 1 aliphatic heterocycles. The average Bonchev–Trinajstić information content (AvgIpc) is 3.21. The maximum atomic E-state index is 13.2. The smallest absolute Gasteiger partial charge is 0.341 e. The Morgan fingerprint density at radius 2 is 1.94 bits per heavy atom. The van der Waals surface area contributed by atoms with Crippen LogP contribution in [0.4, 0.5) is 0 Å². The lowest BCUT2D eigenvalue weighted by Crippen LogP contribution is -2.19. The number of aromatic nitrogens is 1. The summed E-state index contributed by atoms with van der Waals surface area (Å²) >= 11 is 5.49. The lowest BCUT2D eigenvalue weighted by molar-refractivity contribution is -0.119. The van der Waals surface area contributed by atoms with Gasteiger partial charge in [-0.05, 0) is 55.0 Å². The van der Waals surface area contributed by atoms with Crippen molar-refractivity contribution >= 4 is 22.8 Å². The van der Waals surface area contributed by atoms with Gasteiger partial charge in [0, 0.05) is 24.2 Å². The van der Waals surface area contributed by atoms with Gasteiger partial charge in [-0.1, -0.05) is 43.7 Å². The molecule has 1 aromatic heterocycles. The fraction of sp³-hybridized carbons (Fsp3) is 0.400. The molecule has 2 N–H and O–H groups in total. The second kappa shape index (κ2) is 10.3. The molecule has 6 nitrogen and oxygen atoms in total. The van der Waals surface area contributed by atoms with E-state index in [1.54, 1.807) is 6.08 Å². The van der Waals surface area contributed by atoms with E-state index >= 15 is 0 Å². The van der Waals surface area contributed by atoms with E-state index in [0.29, 0.717) is 29.4 Å². The molecule has 3 rings (SSSR count). The van der Waals surface area contributed by atoms with Crippen molar-refractivity contribution in [1.82, 2.24) is 4.98 Å². The highest BCUT2D eigenvalue weighted by molar-refractivity contribution is 6.64. The molecular weight excluding hydrogens is 428 g/mol. The number of nitrogens with zero attached hydrogens (tertiary/aromatic N) is 1. The molecule has 0 spiro atoms. The second-order valence-corrected chi connectivity index (χ2v) is 8.81. The van der Waals surface area contributed by atoms with E-state index in [1.807, 2.05) is 38.1 Å². The molecule has 32 heavy (non-hydrogen) atoms.